The highest BCUT2D eigenvalue weighted by Crippen LogP contribution is 2.13. The fourth-order valence-electron chi connectivity index (χ4n) is 2.21. The number of nitrogens with one attached hydrogen (secondary N) is 2. The molecule has 1 atom stereocenters. The fraction of sp³-hybridized carbons (Fsp3) is 0.316. The zero-order valence-corrected chi connectivity index (χ0v) is 14.5. The van der Waals surface area contributed by atoms with Crippen molar-refractivity contribution in [1.29, 1.82) is 0 Å². The molecular weight excluding hydrogens is 302 g/mol. The number of nitrogens with zero attached hydrogens (tertiary/aromatic N) is 1. The molecule has 0 fully saturated rings. The molecule has 5 heteroatoms. The van der Waals surface area contributed by atoms with Gasteiger partial charge in [-0.2, -0.15) is 0 Å². The SMILES string of the molecule is CC(NC(=O)c1cncc(C(=O)NC(C)(C)C)c1)c1ccccc1. The van der Waals surface area contributed by atoms with Crippen molar-refractivity contribution in [3.8, 4) is 0 Å². The summed E-state index contributed by atoms with van der Waals surface area (Å²) in [6.07, 6.45) is 2.92. The molecule has 1 unspecified atom stereocenters. The Morgan fingerprint density at radius 2 is 1.58 bits per heavy atom. The van der Waals surface area contributed by atoms with Gasteiger partial charge in [-0.05, 0) is 39.3 Å². The van der Waals surface area contributed by atoms with Gasteiger partial charge in [0.1, 0.15) is 0 Å². The number of hydrogen-bond donors (Lipinski definition) is 2. The quantitative estimate of drug-likeness (QED) is 0.907. The Labute approximate surface area is 142 Å². The van der Waals surface area contributed by atoms with Gasteiger partial charge < -0.3 is 10.6 Å². The van der Waals surface area contributed by atoms with Crippen LogP contribution in [0.3, 0.4) is 0 Å². The van der Waals surface area contributed by atoms with Crippen molar-refractivity contribution in [3.63, 3.8) is 0 Å². The van der Waals surface area contributed by atoms with E-state index >= 15 is 0 Å². The predicted molar refractivity (Wildman–Crippen MR) is 93.8 cm³/mol. The molecule has 24 heavy (non-hydrogen) atoms. The monoisotopic (exact) mass is 325 g/mol. The second-order valence-electron chi connectivity index (χ2n) is 6.77. The van der Waals surface area contributed by atoms with Crippen LogP contribution in [-0.2, 0) is 0 Å². The maximum absolute atomic E-state index is 12.4. The smallest absolute Gasteiger partial charge is 0.253 e. The standard InChI is InChI=1S/C19H23N3O2/c1-13(14-8-6-5-7-9-14)21-17(23)15-10-16(12-20-11-15)18(24)22-19(2,3)4/h5-13H,1-4H3,(H,21,23)(H,22,24). The molecule has 0 saturated carbocycles. The summed E-state index contributed by atoms with van der Waals surface area (Å²) in [4.78, 5) is 28.6. The Balaban J connectivity index is 2.10. The first-order valence-electron chi connectivity index (χ1n) is 7.89. The molecule has 2 amide bonds. The first kappa shape index (κ1) is 17.7. The topological polar surface area (TPSA) is 71.1 Å². The van der Waals surface area contributed by atoms with Crippen molar-refractivity contribution >= 4 is 11.8 Å². The molecule has 0 aliphatic rings. The Kier molecular flexibility index (Phi) is 5.34. The third-order valence-electron chi connectivity index (χ3n) is 3.40. The number of aromatic nitrogens is 1. The van der Waals surface area contributed by atoms with Gasteiger partial charge in [-0.3, -0.25) is 14.6 Å². The van der Waals surface area contributed by atoms with Crippen LogP contribution in [0.2, 0.25) is 0 Å². The number of pyridine rings is 1. The summed E-state index contributed by atoms with van der Waals surface area (Å²) in [5.41, 5.74) is 1.39. The highest BCUT2D eigenvalue weighted by atomic mass is 16.2. The molecule has 0 aliphatic heterocycles. The highest BCUT2D eigenvalue weighted by Gasteiger charge is 2.18. The van der Waals surface area contributed by atoms with E-state index in [0.29, 0.717) is 11.1 Å². The zero-order chi connectivity index (χ0) is 17.7. The van der Waals surface area contributed by atoms with Crippen molar-refractivity contribution in [2.24, 2.45) is 0 Å². The second-order valence-corrected chi connectivity index (χ2v) is 6.77. The molecule has 0 spiro atoms. The van der Waals surface area contributed by atoms with E-state index in [-0.39, 0.29) is 23.4 Å². The fourth-order valence-corrected chi connectivity index (χ4v) is 2.21. The third-order valence-corrected chi connectivity index (χ3v) is 3.40. The van der Waals surface area contributed by atoms with Crippen LogP contribution in [0.15, 0.2) is 48.8 Å². The molecule has 5 nitrogen and oxygen atoms in total. The maximum atomic E-state index is 12.4. The minimum absolute atomic E-state index is 0.134. The van der Waals surface area contributed by atoms with E-state index in [1.807, 2.05) is 58.0 Å². The Hall–Kier alpha value is -2.69. The van der Waals surface area contributed by atoms with Crippen molar-refractivity contribution in [2.45, 2.75) is 39.3 Å². The molecule has 1 heterocycles. The second kappa shape index (κ2) is 7.25. The lowest BCUT2D eigenvalue weighted by atomic mass is 10.1. The van der Waals surface area contributed by atoms with Crippen LogP contribution in [0.4, 0.5) is 0 Å². The first-order valence-corrected chi connectivity index (χ1v) is 7.89. The Morgan fingerprint density at radius 1 is 1.00 bits per heavy atom. The molecule has 1 aromatic carbocycles. The lowest BCUT2D eigenvalue weighted by Gasteiger charge is -2.20. The summed E-state index contributed by atoms with van der Waals surface area (Å²) in [5.74, 6) is -0.509. The Morgan fingerprint density at radius 3 is 2.17 bits per heavy atom. The highest BCUT2D eigenvalue weighted by molar-refractivity contribution is 5.99. The lowest BCUT2D eigenvalue weighted by molar-refractivity contribution is 0.0919. The van der Waals surface area contributed by atoms with E-state index in [0.717, 1.165) is 5.56 Å². The molecule has 1 aromatic heterocycles. The third kappa shape index (κ3) is 4.91. The van der Waals surface area contributed by atoms with Crippen LogP contribution in [-0.4, -0.2) is 22.3 Å². The van der Waals surface area contributed by atoms with Gasteiger partial charge in [0.25, 0.3) is 11.8 Å². The number of amides is 2. The van der Waals surface area contributed by atoms with Crippen molar-refractivity contribution in [3.05, 3.63) is 65.5 Å². The zero-order valence-electron chi connectivity index (χ0n) is 14.5. The van der Waals surface area contributed by atoms with Crippen LogP contribution in [0.25, 0.3) is 0 Å². The number of carbonyl (C=O) groups excluding carboxylic acids is 2. The summed E-state index contributed by atoms with van der Waals surface area (Å²) in [5, 5.41) is 5.77. The average Bonchev–Trinajstić information content (AvgIpc) is 2.54. The van der Waals surface area contributed by atoms with Gasteiger partial charge in [-0.1, -0.05) is 30.3 Å². The van der Waals surface area contributed by atoms with Gasteiger partial charge in [0.05, 0.1) is 17.2 Å². The van der Waals surface area contributed by atoms with E-state index in [1.54, 1.807) is 6.07 Å². The number of carbonyl (C=O) groups is 2. The molecule has 0 radical (unpaired) electrons. The summed E-state index contributed by atoms with van der Waals surface area (Å²) in [7, 11) is 0. The average molecular weight is 325 g/mol. The van der Waals surface area contributed by atoms with Gasteiger partial charge in [-0.15, -0.1) is 0 Å². The minimum atomic E-state index is -0.350. The van der Waals surface area contributed by atoms with Crippen molar-refractivity contribution in [2.75, 3.05) is 0 Å². The van der Waals surface area contributed by atoms with Crippen LogP contribution in [0.1, 0.15) is 60.0 Å². The van der Waals surface area contributed by atoms with Crippen molar-refractivity contribution in [1.82, 2.24) is 15.6 Å². The molecule has 2 aromatic rings. The van der Waals surface area contributed by atoms with Crippen molar-refractivity contribution < 1.29 is 9.59 Å². The van der Waals surface area contributed by atoms with Gasteiger partial charge >= 0.3 is 0 Å². The number of benzene rings is 1. The molecule has 2 rings (SSSR count). The summed E-state index contributed by atoms with van der Waals surface area (Å²) >= 11 is 0. The molecular formula is C19H23N3O2. The normalized spacial score (nSPS) is 12.3. The number of hydrogen-bond acceptors (Lipinski definition) is 3. The van der Waals surface area contributed by atoms with Crippen LogP contribution in [0.5, 0.6) is 0 Å². The summed E-state index contributed by atoms with van der Waals surface area (Å²) in [6.45, 7) is 7.61. The molecule has 0 saturated heterocycles. The van der Waals surface area contributed by atoms with E-state index < -0.39 is 0 Å². The van der Waals surface area contributed by atoms with Gasteiger partial charge in [0, 0.05) is 17.9 Å². The first-order chi connectivity index (χ1) is 11.3. The van der Waals surface area contributed by atoms with Crippen LogP contribution < -0.4 is 10.6 Å². The van der Waals surface area contributed by atoms with E-state index in [1.165, 1.54) is 12.4 Å². The van der Waals surface area contributed by atoms with Gasteiger partial charge in [-0.25, -0.2) is 0 Å². The predicted octanol–water partition coefficient (Wildman–Crippen LogP) is 3.10. The van der Waals surface area contributed by atoms with E-state index in [2.05, 4.69) is 15.6 Å². The van der Waals surface area contributed by atoms with Gasteiger partial charge in [0.2, 0.25) is 0 Å². The maximum Gasteiger partial charge on any atom is 0.253 e. The molecule has 2 N–H and O–H groups in total. The summed E-state index contributed by atoms with van der Waals surface area (Å²) < 4.78 is 0. The van der Waals surface area contributed by atoms with Crippen LogP contribution >= 0.6 is 0 Å². The van der Waals surface area contributed by atoms with Gasteiger partial charge in [0.15, 0.2) is 0 Å². The largest absolute Gasteiger partial charge is 0.347 e. The molecule has 0 bridgehead atoms. The minimum Gasteiger partial charge on any atom is -0.347 e. The summed E-state index contributed by atoms with van der Waals surface area (Å²) in [6, 6.07) is 11.1. The molecule has 126 valence electrons. The van der Waals surface area contributed by atoms with Crippen LogP contribution in [0, 0.1) is 0 Å². The van der Waals surface area contributed by atoms with E-state index in [9.17, 15) is 9.59 Å². The Bertz CT molecular complexity index is 721. The molecule has 0 aliphatic carbocycles. The lowest BCUT2D eigenvalue weighted by Crippen LogP contribution is -2.40. The van der Waals surface area contributed by atoms with E-state index in [4.69, 9.17) is 0 Å². The number of rotatable bonds is 4.